The summed E-state index contributed by atoms with van der Waals surface area (Å²) in [5.74, 6) is 0.579. The zero-order valence-corrected chi connectivity index (χ0v) is 15.9. The predicted octanol–water partition coefficient (Wildman–Crippen LogP) is 4.70. The summed E-state index contributed by atoms with van der Waals surface area (Å²) >= 11 is 0. The average molecular weight is 389 g/mol. The number of para-hydroxylation sites is 4. The number of imidazole rings is 1. The number of hydrogen-bond acceptors (Lipinski definition) is 3. The predicted molar refractivity (Wildman–Crippen MR) is 110 cm³/mol. The number of rotatable bonds is 6. The summed E-state index contributed by atoms with van der Waals surface area (Å²) in [5.41, 5.74) is 2.77. The lowest BCUT2D eigenvalue weighted by atomic mass is 10.2. The molecule has 0 fully saturated rings. The van der Waals surface area contributed by atoms with Gasteiger partial charge in [-0.15, -0.1) is 0 Å². The van der Waals surface area contributed by atoms with Crippen LogP contribution in [0.4, 0.5) is 10.1 Å². The summed E-state index contributed by atoms with van der Waals surface area (Å²) in [7, 11) is 0. The molecule has 4 rings (SSSR count). The lowest BCUT2D eigenvalue weighted by molar-refractivity contribution is -0.116. The van der Waals surface area contributed by atoms with Crippen LogP contribution in [-0.2, 0) is 17.9 Å². The second-order valence-corrected chi connectivity index (χ2v) is 6.69. The Morgan fingerprint density at radius 2 is 1.76 bits per heavy atom. The van der Waals surface area contributed by atoms with Crippen molar-refractivity contribution in [2.75, 3.05) is 5.32 Å². The molecule has 3 aromatic carbocycles. The van der Waals surface area contributed by atoms with Crippen molar-refractivity contribution >= 4 is 22.6 Å². The van der Waals surface area contributed by atoms with Crippen molar-refractivity contribution in [3.05, 3.63) is 90.0 Å². The maximum atomic E-state index is 13.9. The molecule has 5 nitrogen and oxygen atoms in total. The van der Waals surface area contributed by atoms with Crippen LogP contribution >= 0.6 is 0 Å². The minimum atomic E-state index is -0.473. The zero-order chi connectivity index (χ0) is 20.2. The maximum absolute atomic E-state index is 13.9. The fourth-order valence-corrected chi connectivity index (χ4v) is 3.17. The normalized spacial score (nSPS) is 10.8. The van der Waals surface area contributed by atoms with E-state index in [4.69, 9.17) is 4.74 Å². The first kappa shape index (κ1) is 18.7. The Morgan fingerprint density at radius 1 is 1.03 bits per heavy atom. The molecule has 1 heterocycles. The van der Waals surface area contributed by atoms with Crippen LogP contribution in [0.2, 0.25) is 0 Å². The smallest absolute Gasteiger partial charge is 0.244 e. The van der Waals surface area contributed by atoms with Crippen LogP contribution in [0.25, 0.3) is 11.0 Å². The fourth-order valence-electron chi connectivity index (χ4n) is 3.17. The van der Waals surface area contributed by atoms with E-state index in [0.717, 1.165) is 22.3 Å². The summed E-state index contributed by atoms with van der Waals surface area (Å²) in [6.07, 6.45) is 0. The number of nitrogens with one attached hydrogen (secondary N) is 1. The Hall–Kier alpha value is -3.67. The Bertz CT molecular complexity index is 1170. The topological polar surface area (TPSA) is 56.2 Å². The van der Waals surface area contributed by atoms with E-state index in [1.165, 1.54) is 12.1 Å². The van der Waals surface area contributed by atoms with Gasteiger partial charge in [0.15, 0.2) is 0 Å². The van der Waals surface area contributed by atoms with Gasteiger partial charge in [0.1, 0.15) is 30.5 Å². The minimum absolute atomic E-state index is 0.00130. The number of aromatic nitrogens is 2. The van der Waals surface area contributed by atoms with E-state index in [0.29, 0.717) is 5.82 Å². The summed E-state index contributed by atoms with van der Waals surface area (Å²) in [6, 6.07) is 21.4. The van der Waals surface area contributed by atoms with E-state index < -0.39 is 5.82 Å². The number of amides is 1. The number of carbonyl (C=O) groups is 1. The zero-order valence-electron chi connectivity index (χ0n) is 15.9. The van der Waals surface area contributed by atoms with Crippen molar-refractivity contribution in [2.45, 2.75) is 20.1 Å². The molecule has 0 atom stereocenters. The second kappa shape index (κ2) is 8.14. The van der Waals surface area contributed by atoms with Gasteiger partial charge in [-0.25, -0.2) is 9.37 Å². The van der Waals surface area contributed by atoms with Crippen molar-refractivity contribution in [3.8, 4) is 5.75 Å². The highest BCUT2D eigenvalue weighted by Gasteiger charge is 2.15. The van der Waals surface area contributed by atoms with Gasteiger partial charge in [-0.05, 0) is 42.8 Å². The van der Waals surface area contributed by atoms with E-state index in [1.807, 2.05) is 55.5 Å². The monoisotopic (exact) mass is 389 g/mol. The van der Waals surface area contributed by atoms with Gasteiger partial charge in [0, 0.05) is 0 Å². The number of aryl methyl sites for hydroxylation is 1. The average Bonchev–Trinajstić information content (AvgIpc) is 3.06. The number of fused-ring (bicyclic) bond motifs is 1. The van der Waals surface area contributed by atoms with Crippen LogP contribution in [0.3, 0.4) is 0 Å². The van der Waals surface area contributed by atoms with Crippen LogP contribution in [0.1, 0.15) is 11.4 Å². The number of halogens is 1. The molecule has 29 heavy (non-hydrogen) atoms. The fraction of sp³-hybridized carbons (Fsp3) is 0.130. The molecule has 1 N–H and O–H groups in total. The Labute approximate surface area is 167 Å². The molecule has 0 radical (unpaired) electrons. The molecule has 6 heteroatoms. The van der Waals surface area contributed by atoms with Gasteiger partial charge >= 0.3 is 0 Å². The summed E-state index contributed by atoms with van der Waals surface area (Å²) < 4.78 is 21.6. The van der Waals surface area contributed by atoms with Gasteiger partial charge in [0.2, 0.25) is 5.91 Å². The number of nitrogens with zero attached hydrogens (tertiary/aromatic N) is 2. The third-order valence-electron chi connectivity index (χ3n) is 4.63. The third kappa shape index (κ3) is 4.11. The standard InChI is InChI=1S/C23H20FN3O2/c1-16-8-2-7-13-21(16)29-15-22-25-19-11-5-6-12-20(19)27(22)14-23(28)26-18-10-4-3-9-17(18)24/h2-13H,14-15H2,1H3,(H,26,28). The molecule has 0 spiro atoms. The number of carbonyl (C=O) groups excluding carboxylic acids is 1. The van der Waals surface area contributed by atoms with Gasteiger partial charge in [0.25, 0.3) is 0 Å². The van der Waals surface area contributed by atoms with E-state index in [2.05, 4.69) is 10.3 Å². The number of anilines is 1. The highest BCUT2D eigenvalue weighted by molar-refractivity contribution is 5.91. The van der Waals surface area contributed by atoms with E-state index >= 15 is 0 Å². The molecule has 0 aliphatic carbocycles. The summed E-state index contributed by atoms with van der Waals surface area (Å²) in [6.45, 7) is 2.19. The highest BCUT2D eigenvalue weighted by atomic mass is 19.1. The molecule has 4 aromatic rings. The Morgan fingerprint density at radius 3 is 2.59 bits per heavy atom. The number of benzene rings is 3. The van der Waals surface area contributed by atoms with E-state index in [9.17, 15) is 9.18 Å². The first-order valence-electron chi connectivity index (χ1n) is 9.29. The Kier molecular flexibility index (Phi) is 5.24. The second-order valence-electron chi connectivity index (χ2n) is 6.69. The molecule has 1 aromatic heterocycles. The lowest BCUT2D eigenvalue weighted by Crippen LogP contribution is -2.21. The summed E-state index contributed by atoms with van der Waals surface area (Å²) in [4.78, 5) is 17.2. The molecule has 0 aliphatic heterocycles. The quantitative estimate of drug-likeness (QED) is 0.520. The van der Waals surface area contributed by atoms with Crippen molar-refractivity contribution in [1.82, 2.24) is 9.55 Å². The van der Waals surface area contributed by atoms with Crippen molar-refractivity contribution < 1.29 is 13.9 Å². The van der Waals surface area contributed by atoms with E-state index in [1.54, 1.807) is 16.7 Å². The molecule has 1 amide bonds. The largest absolute Gasteiger partial charge is 0.485 e. The number of hydrogen-bond donors (Lipinski definition) is 1. The summed E-state index contributed by atoms with van der Waals surface area (Å²) in [5, 5.41) is 2.62. The van der Waals surface area contributed by atoms with E-state index in [-0.39, 0.29) is 24.7 Å². The third-order valence-corrected chi connectivity index (χ3v) is 4.63. The first-order valence-corrected chi connectivity index (χ1v) is 9.29. The molecule has 146 valence electrons. The molecule has 0 saturated carbocycles. The molecular weight excluding hydrogens is 369 g/mol. The van der Waals surface area contributed by atoms with Crippen LogP contribution in [-0.4, -0.2) is 15.5 Å². The van der Waals surface area contributed by atoms with Gasteiger partial charge in [-0.3, -0.25) is 4.79 Å². The van der Waals surface area contributed by atoms with Crippen molar-refractivity contribution in [1.29, 1.82) is 0 Å². The minimum Gasteiger partial charge on any atom is -0.485 e. The van der Waals surface area contributed by atoms with Crippen molar-refractivity contribution in [3.63, 3.8) is 0 Å². The van der Waals surface area contributed by atoms with Crippen molar-refractivity contribution in [2.24, 2.45) is 0 Å². The first-order chi connectivity index (χ1) is 14.1. The van der Waals surface area contributed by atoms with Gasteiger partial charge < -0.3 is 14.6 Å². The van der Waals surface area contributed by atoms with Gasteiger partial charge in [-0.1, -0.05) is 42.5 Å². The molecule has 0 unspecified atom stereocenters. The van der Waals surface area contributed by atoms with Crippen LogP contribution in [0.15, 0.2) is 72.8 Å². The maximum Gasteiger partial charge on any atom is 0.244 e. The molecule has 0 bridgehead atoms. The SMILES string of the molecule is Cc1ccccc1OCc1nc2ccccc2n1CC(=O)Nc1ccccc1F. The van der Waals surface area contributed by atoms with Crippen LogP contribution in [0.5, 0.6) is 5.75 Å². The van der Waals surface area contributed by atoms with Crippen LogP contribution < -0.4 is 10.1 Å². The molecular formula is C23H20FN3O2. The highest BCUT2D eigenvalue weighted by Crippen LogP contribution is 2.21. The van der Waals surface area contributed by atoms with Crippen LogP contribution in [0, 0.1) is 12.7 Å². The molecule has 0 aliphatic rings. The van der Waals surface area contributed by atoms with Gasteiger partial charge in [-0.2, -0.15) is 0 Å². The molecule has 0 saturated heterocycles. The lowest BCUT2D eigenvalue weighted by Gasteiger charge is -2.12. The number of ether oxygens (including phenoxy) is 1. The van der Waals surface area contributed by atoms with Gasteiger partial charge in [0.05, 0.1) is 16.7 Å². The Balaban J connectivity index is 1.59.